The fourth-order valence-electron chi connectivity index (χ4n) is 1.22. The zero-order chi connectivity index (χ0) is 7.14. The predicted molar refractivity (Wildman–Crippen MR) is 52.7 cm³/mol. The molecule has 2 N–H and O–H groups in total. The summed E-state index contributed by atoms with van der Waals surface area (Å²) in [4.78, 5) is 2.77. The van der Waals surface area contributed by atoms with Crippen LogP contribution in [0.1, 0.15) is 28.5 Å². The summed E-state index contributed by atoms with van der Waals surface area (Å²) in [6.07, 6.45) is 2.70. The van der Waals surface area contributed by atoms with Gasteiger partial charge in [0, 0.05) is 15.4 Å². The highest BCUT2D eigenvalue weighted by atomic mass is 35.5. The molecule has 0 bridgehead atoms. The lowest BCUT2D eigenvalue weighted by Crippen LogP contribution is -1.84. The Kier molecular flexibility index (Phi) is 2.45. The highest BCUT2D eigenvalue weighted by molar-refractivity contribution is 7.12. The lowest BCUT2D eigenvalue weighted by atomic mass is 10.3. The van der Waals surface area contributed by atoms with Crippen LogP contribution in [-0.4, -0.2) is 0 Å². The molecule has 0 spiro atoms. The van der Waals surface area contributed by atoms with Crippen LogP contribution >= 0.6 is 23.7 Å². The van der Waals surface area contributed by atoms with Gasteiger partial charge in [-0.2, -0.15) is 0 Å². The average Bonchev–Trinajstić information content (AvgIpc) is 2.61. The standard InChI is InChI=1S/C8H11NS.ClH/c1-5-4-7(9)8(10-5)6-2-3-6;/h4,6H,2-3,9H2,1H3;1H. The van der Waals surface area contributed by atoms with E-state index in [4.69, 9.17) is 5.73 Å². The number of nitrogen functional groups attached to an aromatic ring is 1. The molecule has 11 heavy (non-hydrogen) atoms. The first-order valence-electron chi connectivity index (χ1n) is 3.63. The lowest BCUT2D eigenvalue weighted by Gasteiger charge is -1.90. The van der Waals surface area contributed by atoms with Gasteiger partial charge in [-0.25, -0.2) is 0 Å². The molecule has 1 aromatic heterocycles. The van der Waals surface area contributed by atoms with Crippen molar-refractivity contribution >= 4 is 29.4 Å². The third-order valence-electron chi connectivity index (χ3n) is 1.86. The fraction of sp³-hybridized carbons (Fsp3) is 0.500. The molecule has 1 fully saturated rings. The van der Waals surface area contributed by atoms with Crippen molar-refractivity contribution in [2.24, 2.45) is 0 Å². The maximum absolute atomic E-state index is 5.79. The van der Waals surface area contributed by atoms with E-state index in [1.54, 1.807) is 0 Å². The number of hydrogen-bond donors (Lipinski definition) is 1. The Labute approximate surface area is 77.0 Å². The molecule has 0 aliphatic heterocycles. The Morgan fingerprint density at radius 2 is 2.18 bits per heavy atom. The molecule has 1 aromatic rings. The number of rotatable bonds is 1. The van der Waals surface area contributed by atoms with Gasteiger partial charge in [-0.15, -0.1) is 23.7 Å². The fourth-order valence-corrected chi connectivity index (χ4v) is 2.33. The van der Waals surface area contributed by atoms with Crippen LogP contribution in [-0.2, 0) is 0 Å². The van der Waals surface area contributed by atoms with Gasteiger partial charge >= 0.3 is 0 Å². The summed E-state index contributed by atoms with van der Waals surface area (Å²) in [5, 5.41) is 0. The first-order chi connectivity index (χ1) is 4.77. The minimum Gasteiger partial charge on any atom is -0.398 e. The van der Waals surface area contributed by atoms with E-state index in [0.29, 0.717) is 0 Å². The molecule has 0 saturated heterocycles. The lowest BCUT2D eigenvalue weighted by molar-refractivity contribution is 1.18. The normalized spacial score (nSPS) is 16.1. The van der Waals surface area contributed by atoms with E-state index >= 15 is 0 Å². The molecule has 1 aliphatic rings. The largest absolute Gasteiger partial charge is 0.398 e. The SMILES string of the molecule is Cc1cc(N)c(C2CC2)s1.Cl. The van der Waals surface area contributed by atoms with Crippen LogP contribution in [0.25, 0.3) is 0 Å². The van der Waals surface area contributed by atoms with E-state index in [1.807, 2.05) is 11.3 Å². The molecule has 1 aliphatic carbocycles. The summed E-state index contributed by atoms with van der Waals surface area (Å²) in [7, 11) is 0. The van der Waals surface area contributed by atoms with Gasteiger partial charge < -0.3 is 5.73 Å². The zero-order valence-electron chi connectivity index (χ0n) is 6.46. The molecular weight excluding hydrogens is 178 g/mol. The van der Waals surface area contributed by atoms with E-state index in [1.165, 1.54) is 22.6 Å². The number of thiophene rings is 1. The summed E-state index contributed by atoms with van der Waals surface area (Å²) in [5.74, 6) is 0.818. The van der Waals surface area contributed by atoms with Crippen molar-refractivity contribution in [1.82, 2.24) is 0 Å². The smallest absolute Gasteiger partial charge is 0.0461 e. The van der Waals surface area contributed by atoms with E-state index in [-0.39, 0.29) is 12.4 Å². The second-order valence-electron chi connectivity index (χ2n) is 2.95. The number of aryl methyl sites for hydroxylation is 1. The van der Waals surface area contributed by atoms with Gasteiger partial charge in [0.1, 0.15) is 0 Å². The monoisotopic (exact) mass is 189 g/mol. The predicted octanol–water partition coefficient (Wildman–Crippen LogP) is 2.94. The number of halogens is 1. The highest BCUT2D eigenvalue weighted by Gasteiger charge is 2.26. The van der Waals surface area contributed by atoms with Gasteiger partial charge in [0.15, 0.2) is 0 Å². The van der Waals surface area contributed by atoms with Crippen LogP contribution in [0, 0.1) is 6.92 Å². The second-order valence-corrected chi connectivity index (χ2v) is 4.24. The van der Waals surface area contributed by atoms with Crippen LogP contribution < -0.4 is 5.73 Å². The Morgan fingerprint density at radius 3 is 2.55 bits per heavy atom. The second kappa shape index (κ2) is 3.03. The van der Waals surface area contributed by atoms with E-state index in [2.05, 4.69) is 13.0 Å². The molecule has 1 nitrogen and oxygen atoms in total. The Hall–Kier alpha value is -0.210. The molecule has 2 rings (SSSR count). The summed E-state index contributed by atoms with van der Waals surface area (Å²) in [6, 6.07) is 2.08. The molecule has 0 aromatic carbocycles. The molecule has 0 atom stereocenters. The summed E-state index contributed by atoms with van der Waals surface area (Å²) in [5.41, 5.74) is 6.81. The topological polar surface area (TPSA) is 26.0 Å². The Bertz CT molecular complexity index is 253. The Morgan fingerprint density at radius 1 is 1.55 bits per heavy atom. The van der Waals surface area contributed by atoms with Gasteiger partial charge in [0.05, 0.1) is 0 Å². The quantitative estimate of drug-likeness (QED) is 0.723. The van der Waals surface area contributed by atoms with Crippen molar-refractivity contribution in [3.63, 3.8) is 0 Å². The van der Waals surface area contributed by atoms with E-state index in [9.17, 15) is 0 Å². The Balaban J connectivity index is 0.000000605. The maximum atomic E-state index is 5.79. The summed E-state index contributed by atoms with van der Waals surface area (Å²) in [6.45, 7) is 2.12. The van der Waals surface area contributed by atoms with Gasteiger partial charge in [0.25, 0.3) is 0 Å². The molecule has 1 heterocycles. The third-order valence-corrected chi connectivity index (χ3v) is 3.09. The third kappa shape index (κ3) is 1.68. The summed E-state index contributed by atoms with van der Waals surface area (Å²) < 4.78 is 0. The van der Waals surface area contributed by atoms with Crippen LogP contribution in [0.4, 0.5) is 5.69 Å². The summed E-state index contributed by atoms with van der Waals surface area (Å²) >= 11 is 1.86. The van der Waals surface area contributed by atoms with Crippen molar-refractivity contribution in [3.8, 4) is 0 Å². The van der Waals surface area contributed by atoms with Gasteiger partial charge in [-0.1, -0.05) is 0 Å². The van der Waals surface area contributed by atoms with E-state index in [0.717, 1.165) is 11.6 Å². The molecule has 0 radical (unpaired) electrons. The molecule has 0 amide bonds. The van der Waals surface area contributed by atoms with Crippen molar-refractivity contribution < 1.29 is 0 Å². The van der Waals surface area contributed by atoms with Crippen molar-refractivity contribution in [2.75, 3.05) is 5.73 Å². The van der Waals surface area contributed by atoms with Crippen LogP contribution in [0.3, 0.4) is 0 Å². The van der Waals surface area contributed by atoms with Crippen LogP contribution in [0.2, 0.25) is 0 Å². The molecular formula is C8H12ClNS. The van der Waals surface area contributed by atoms with Gasteiger partial charge in [0.2, 0.25) is 0 Å². The minimum absolute atomic E-state index is 0. The number of nitrogens with two attached hydrogens (primary N) is 1. The number of hydrogen-bond acceptors (Lipinski definition) is 2. The molecule has 62 valence electrons. The van der Waals surface area contributed by atoms with Crippen molar-refractivity contribution in [3.05, 3.63) is 15.8 Å². The minimum atomic E-state index is 0. The number of anilines is 1. The molecule has 3 heteroatoms. The van der Waals surface area contributed by atoms with Crippen molar-refractivity contribution in [2.45, 2.75) is 25.7 Å². The van der Waals surface area contributed by atoms with E-state index < -0.39 is 0 Å². The first kappa shape index (κ1) is 8.88. The highest BCUT2D eigenvalue weighted by Crippen LogP contribution is 2.46. The maximum Gasteiger partial charge on any atom is 0.0461 e. The van der Waals surface area contributed by atoms with Crippen LogP contribution in [0.15, 0.2) is 6.07 Å². The van der Waals surface area contributed by atoms with Gasteiger partial charge in [-0.05, 0) is 31.7 Å². The molecule has 0 unspecified atom stereocenters. The average molecular weight is 190 g/mol. The first-order valence-corrected chi connectivity index (χ1v) is 4.45. The van der Waals surface area contributed by atoms with Gasteiger partial charge in [-0.3, -0.25) is 0 Å². The molecule has 1 saturated carbocycles. The van der Waals surface area contributed by atoms with Crippen molar-refractivity contribution in [1.29, 1.82) is 0 Å². The van der Waals surface area contributed by atoms with Crippen LogP contribution in [0.5, 0.6) is 0 Å². The zero-order valence-corrected chi connectivity index (χ0v) is 8.10.